The Hall–Kier alpha value is -3.01. The number of ether oxygens (including phenoxy) is 5. The first kappa shape index (κ1) is 25.1. The number of allylic oxidation sites excluding steroid dienone is 1. The summed E-state index contributed by atoms with van der Waals surface area (Å²) in [5, 5.41) is 0. The molecule has 9 heteroatoms. The monoisotopic (exact) mass is 484 g/mol. The van der Waals surface area contributed by atoms with Crippen LogP contribution in [0, 0.1) is 0 Å². The number of aryl methyl sites for hydroxylation is 1. The van der Waals surface area contributed by atoms with Gasteiger partial charge in [-0.25, -0.2) is 9.78 Å². The van der Waals surface area contributed by atoms with Gasteiger partial charge in [0.05, 0.1) is 23.5 Å². The van der Waals surface area contributed by atoms with E-state index < -0.39 is 30.1 Å². The lowest BCUT2D eigenvalue weighted by atomic mass is 9.99. The standard InChI is InChI=1S/C26H32N2O7/c1-15-10-11-19(29)24-20(34-26(3,4)35-24)9-7-8-17-22(25(30)33-16(15)2)21(32-14-31-6)12-18-23(17)27-13-28(18)5/h7-8,10,12-13,16,20,24H,9,11,14H2,1-6H3/t16-,20-,24+/m0/s1. The number of aromatic nitrogens is 2. The zero-order chi connectivity index (χ0) is 25.3. The summed E-state index contributed by atoms with van der Waals surface area (Å²) in [5.41, 5.74) is 2.99. The van der Waals surface area contributed by atoms with Crippen LogP contribution in [0.1, 0.15) is 56.5 Å². The topological polar surface area (TPSA) is 98.1 Å². The van der Waals surface area contributed by atoms with Gasteiger partial charge in [0.1, 0.15) is 23.5 Å². The molecule has 1 aromatic heterocycles. The fraction of sp³-hybridized carbons (Fsp3) is 0.500. The van der Waals surface area contributed by atoms with Crippen LogP contribution >= 0.6 is 0 Å². The molecule has 35 heavy (non-hydrogen) atoms. The second-order valence-corrected chi connectivity index (χ2v) is 9.34. The second kappa shape index (κ2) is 9.93. The number of Topliss-reactive ketones (excluding diaryl/α,β-unsaturated/α-hetero) is 1. The van der Waals surface area contributed by atoms with Crippen molar-refractivity contribution in [2.45, 2.75) is 64.6 Å². The minimum atomic E-state index is -0.870. The van der Waals surface area contributed by atoms with E-state index in [0.29, 0.717) is 23.3 Å². The number of imidazole rings is 1. The van der Waals surface area contributed by atoms with Gasteiger partial charge in [0.25, 0.3) is 0 Å². The zero-order valence-corrected chi connectivity index (χ0v) is 21.0. The van der Waals surface area contributed by atoms with E-state index in [1.54, 1.807) is 45.3 Å². The summed E-state index contributed by atoms with van der Waals surface area (Å²) >= 11 is 0. The van der Waals surface area contributed by atoms with Gasteiger partial charge in [0, 0.05) is 32.2 Å². The lowest BCUT2D eigenvalue weighted by Gasteiger charge is -2.19. The highest BCUT2D eigenvalue weighted by Gasteiger charge is 2.44. The maximum absolute atomic E-state index is 13.4. The third kappa shape index (κ3) is 5.17. The van der Waals surface area contributed by atoms with Gasteiger partial charge in [-0.15, -0.1) is 0 Å². The van der Waals surface area contributed by atoms with Crippen LogP contribution in [0.15, 0.2) is 30.1 Å². The van der Waals surface area contributed by atoms with E-state index in [0.717, 1.165) is 11.1 Å². The zero-order valence-electron chi connectivity index (χ0n) is 21.0. The predicted octanol–water partition coefficient (Wildman–Crippen LogP) is 3.94. The predicted molar refractivity (Wildman–Crippen MR) is 129 cm³/mol. The molecule has 1 aromatic carbocycles. The van der Waals surface area contributed by atoms with Gasteiger partial charge in [-0.05, 0) is 39.7 Å². The molecule has 0 spiro atoms. The van der Waals surface area contributed by atoms with Crippen LogP contribution in [-0.2, 0) is 30.8 Å². The van der Waals surface area contributed by atoms with Crippen molar-refractivity contribution in [3.8, 4) is 5.75 Å². The molecule has 0 bridgehead atoms. The van der Waals surface area contributed by atoms with Crippen molar-refractivity contribution in [3.05, 3.63) is 41.2 Å². The summed E-state index contributed by atoms with van der Waals surface area (Å²) < 4.78 is 30.5. The van der Waals surface area contributed by atoms with Crippen LogP contribution in [0.25, 0.3) is 17.1 Å². The maximum atomic E-state index is 13.4. The molecule has 4 rings (SSSR count). The van der Waals surface area contributed by atoms with Crippen LogP contribution in [-0.4, -0.2) is 59.3 Å². The number of cyclic esters (lactones) is 1. The minimum Gasteiger partial charge on any atom is -0.467 e. The van der Waals surface area contributed by atoms with Gasteiger partial charge < -0.3 is 28.3 Å². The van der Waals surface area contributed by atoms with E-state index in [-0.39, 0.29) is 24.6 Å². The molecular weight excluding hydrogens is 452 g/mol. The maximum Gasteiger partial charge on any atom is 0.343 e. The quantitative estimate of drug-likeness (QED) is 0.367. The fourth-order valence-corrected chi connectivity index (χ4v) is 4.33. The first-order valence-electron chi connectivity index (χ1n) is 11.6. The molecule has 1 saturated heterocycles. The second-order valence-electron chi connectivity index (χ2n) is 9.34. The molecule has 0 amide bonds. The van der Waals surface area contributed by atoms with Crippen molar-refractivity contribution >= 4 is 28.9 Å². The molecular formula is C26H32N2O7. The molecule has 2 aromatic rings. The Balaban J connectivity index is 1.86. The van der Waals surface area contributed by atoms with Crippen molar-refractivity contribution in [1.29, 1.82) is 0 Å². The molecule has 0 aliphatic carbocycles. The highest BCUT2D eigenvalue weighted by Crippen LogP contribution is 2.35. The molecule has 0 unspecified atom stereocenters. The largest absolute Gasteiger partial charge is 0.467 e. The van der Waals surface area contributed by atoms with Gasteiger partial charge in [-0.2, -0.15) is 0 Å². The number of carbonyl (C=O) groups is 2. The number of ketones is 1. The molecule has 0 radical (unpaired) electrons. The van der Waals surface area contributed by atoms with E-state index in [1.165, 1.54) is 7.11 Å². The van der Waals surface area contributed by atoms with Gasteiger partial charge >= 0.3 is 5.97 Å². The number of carbonyl (C=O) groups excluding carboxylic acids is 2. The Morgan fingerprint density at radius 1 is 1.26 bits per heavy atom. The average Bonchev–Trinajstić information content (AvgIpc) is 3.33. The number of hydrogen-bond acceptors (Lipinski definition) is 8. The van der Waals surface area contributed by atoms with Crippen molar-refractivity contribution < 1.29 is 33.3 Å². The Kier molecular flexibility index (Phi) is 7.12. The molecule has 2 aliphatic heterocycles. The summed E-state index contributed by atoms with van der Waals surface area (Å²) in [4.78, 5) is 30.9. The summed E-state index contributed by atoms with van der Waals surface area (Å²) in [6, 6.07) is 1.76. The smallest absolute Gasteiger partial charge is 0.343 e. The molecule has 3 heterocycles. The number of methoxy groups -OCH3 is 1. The first-order valence-corrected chi connectivity index (χ1v) is 11.6. The number of rotatable bonds is 3. The van der Waals surface area contributed by atoms with Crippen LogP contribution in [0.5, 0.6) is 5.75 Å². The first-order chi connectivity index (χ1) is 16.6. The van der Waals surface area contributed by atoms with Gasteiger partial charge in [-0.3, -0.25) is 4.79 Å². The van der Waals surface area contributed by atoms with Crippen molar-refractivity contribution in [1.82, 2.24) is 9.55 Å². The number of esters is 1. The van der Waals surface area contributed by atoms with Gasteiger partial charge in [0.15, 0.2) is 18.4 Å². The molecule has 9 nitrogen and oxygen atoms in total. The normalized spacial score (nSPS) is 25.0. The summed E-state index contributed by atoms with van der Waals surface area (Å²) in [7, 11) is 3.38. The summed E-state index contributed by atoms with van der Waals surface area (Å²) in [6.45, 7) is 7.16. The molecule has 2 aliphatic rings. The molecule has 3 atom stereocenters. The number of fused-ring (bicyclic) bond motifs is 4. The summed E-state index contributed by atoms with van der Waals surface area (Å²) in [6.07, 6.45) is 5.99. The minimum absolute atomic E-state index is 0.0343. The number of nitrogens with zero attached hydrogens (tertiary/aromatic N) is 2. The lowest BCUT2D eigenvalue weighted by molar-refractivity contribution is -0.154. The SMILES string of the molecule is COCOc1cc2c(ncn2C)c2c1C(=O)O[C@@H](C)C(C)=CCC(=O)[C@H]1OC(C)(C)O[C@H]1CC=C2. The Morgan fingerprint density at radius 2 is 2.03 bits per heavy atom. The Bertz CT molecular complexity index is 1190. The fourth-order valence-electron chi connectivity index (χ4n) is 4.33. The van der Waals surface area contributed by atoms with E-state index in [1.807, 2.05) is 24.6 Å². The van der Waals surface area contributed by atoms with Crippen LogP contribution in [0.4, 0.5) is 0 Å². The molecule has 1 fully saturated rings. The van der Waals surface area contributed by atoms with E-state index in [2.05, 4.69) is 4.98 Å². The summed E-state index contributed by atoms with van der Waals surface area (Å²) in [5.74, 6) is -1.16. The van der Waals surface area contributed by atoms with E-state index >= 15 is 0 Å². The van der Waals surface area contributed by atoms with E-state index in [4.69, 9.17) is 23.7 Å². The highest BCUT2D eigenvalue weighted by atomic mass is 16.8. The van der Waals surface area contributed by atoms with Crippen molar-refractivity contribution in [3.63, 3.8) is 0 Å². The lowest BCUT2D eigenvalue weighted by Crippen LogP contribution is -2.31. The Morgan fingerprint density at radius 3 is 2.77 bits per heavy atom. The van der Waals surface area contributed by atoms with Crippen molar-refractivity contribution in [2.24, 2.45) is 7.05 Å². The molecule has 188 valence electrons. The van der Waals surface area contributed by atoms with Crippen LogP contribution in [0.3, 0.4) is 0 Å². The Labute approximate surface area is 204 Å². The average molecular weight is 485 g/mol. The van der Waals surface area contributed by atoms with Gasteiger partial charge in [0.2, 0.25) is 0 Å². The third-order valence-electron chi connectivity index (χ3n) is 6.26. The third-order valence-corrected chi connectivity index (χ3v) is 6.26. The van der Waals surface area contributed by atoms with Crippen molar-refractivity contribution in [2.75, 3.05) is 13.9 Å². The highest BCUT2D eigenvalue weighted by molar-refractivity contribution is 6.04. The number of benzene rings is 1. The van der Waals surface area contributed by atoms with Crippen LogP contribution < -0.4 is 4.74 Å². The van der Waals surface area contributed by atoms with Gasteiger partial charge in [-0.1, -0.05) is 18.2 Å². The number of hydrogen-bond donors (Lipinski definition) is 0. The molecule has 0 saturated carbocycles. The molecule has 0 N–H and O–H groups in total. The van der Waals surface area contributed by atoms with Crippen LogP contribution in [0.2, 0.25) is 0 Å². The van der Waals surface area contributed by atoms with E-state index in [9.17, 15) is 9.59 Å².